The van der Waals surface area contributed by atoms with E-state index in [0.717, 1.165) is 5.56 Å². The normalized spacial score (nSPS) is 15.2. The van der Waals surface area contributed by atoms with Crippen LogP contribution >= 0.6 is 11.6 Å². The predicted octanol–water partition coefficient (Wildman–Crippen LogP) is 2.83. The Bertz CT molecular complexity index is 946. The highest BCUT2D eigenvalue weighted by atomic mass is 35.5. The van der Waals surface area contributed by atoms with Gasteiger partial charge in [-0.05, 0) is 42.7 Å². The number of nitrogens with one attached hydrogen (secondary N) is 1. The summed E-state index contributed by atoms with van der Waals surface area (Å²) in [6.07, 6.45) is 1.39. The molecule has 1 saturated heterocycles. The number of hydrogen-bond acceptors (Lipinski definition) is 5. The van der Waals surface area contributed by atoms with Gasteiger partial charge in [-0.1, -0.05) is 23.7 Å². The Hall–Kier alpha value is -2.84. The summed E-state index contributed by atoms with van der Waals surface area (Å²) in [4.78, 5) is 23.9. The van der Waals surface area contributed by atoms with Crippen LogP contribution in [0.5, 0.6) is 11.5 Å². The van der Waals surface area contributed by atoms with E-state index in [0.29, 0.717) is 32.6 Å². The summed E-state index contributed by atoms with van der Waals surface area (Å²) in [5.41, 5.74) is 5.96. The Labute approximate surface area is 184 Å². The predicted molar refractivity (Wildman–Crippen MR) is 113 cm³/mol. The van der Waals surface area contributed by atoms with Crippen LogP contribution in [0.1, 0.15) is 28.8 Å². The lowest BCUT2D eigenvalue weighted by molar-refractivity contribution is -0.119. The van der Waals surface area contributed by atoms with Gasteiger partial charge in [0.1, 0.15) is 5.82 Å². The maximum Gasteiger partial charge on any atom is 0.255 e. The molecule has 0 spiro atoms. The van der Waals surface area contributed by atoms with Crippen LogP contribution in [-0.4, -0.2) is 45.3 Å². The minimum Gasteiger partial charge on any atom is -0.493 e. The highest BCUT2D eigenvalue weighted by molar-refractivity contribution is 6.32. The van der Waals surface area contributed by atoms with E-state index >= 15 is 0 Å². The Morgan fingerprint density at radius 1 is 1.23 bits per heavy atom. The molecule has 166 valence electrons. The summed E-state index contributed by atoms with van der Waals surface area (Å²) < 4.78 is 29.4. The van der Waals surface area contributed by atoms with Crippen LogP contribution in [0.15, 0.2) is 36.4 Å². The van der Waals surface area contributed by atoms with E-state index in [1.807, 2.05) is 0 Å². The quantitative estimate of drug-likeness (QED) is 0.644. The fourth-order valence-corrected chi connectivity index (χ4v) is 3.88. The third kappa shape index (κ3) is 5.45. The van der Waals surface area contributed by atoms with Crippen molar-refractivity contribution in [1.82, 2.24) is 5.32 Å². The molecular weight excluding hydrogens is 427 g/mol. The van der Waals surface area contributed by atoms with Crippen molar-refractivity contribution in [3.63, 3.8) is 0 Å². The topological polar surface area (TPSA) is 99.9 Å². The van der Waals surface area contributed by atoms with Crippen molar-refractivity contribution in [2.45, 2.75) is 18.3 Å². The minimum atomic E-state index is -0.664. The smallest absolute Gasteiger partial charge is 0.255 e. The zero-order valence-electron chi connectivity index (χ0n) is 17.1. The van der Waals surface area contributed by atoms with Gasteiger partial charge >= 0.3 is 0 Å². The van der Waals surface area contributed by atoms with Gasteiger partial charge in [-0.25, -0.2) is 4.39 Å². The molecule has 2 aromatic carbocycles. The molecule has 2 aromatic rings. The third-order valence-electron chi connectivity index (χ3n) is 5.34. The lowest BCUT2D eigenvalue weighted by atomic mass is 9.74. The van der Waals surface area contributed by atoms with Gasteiger partial charge in [0.2, 0.25) is 0 Å². The van der Waals surface area contributed by atoms with Gasteiger partial charge in [-0.2, -0.15) is 0 Å². The first-order valence-electron chi connectivity index (χ1n) is 9.75. The monoisotopic (exact) mass is 450 g/mol. The molecule has 0 saturated carbocycles. The van der Waals surface area contributed by atoms with Crippen molar-refractivity contribution in [3.05, 3.63) is 58.4 Å². The Balaban J connectivity index is 1.78. The number of benzene rings is 2. The molecule has 7 nitrogen and oxygen atoms in total. The first-order valence-corrected chi connectivity index (χ1v) is 10.1. The Morgan fingerprint density at radius 2 is 1.90 bits per heavy atom. The van der Waals surface area contributed by atoms with Crippen LogP contribution in [0.2, 0.25) is 5.02 Å². The fourth-order valence-electron chi connectivity index (χ4n) is 3.62. The van der Waals surface area contributed by atoms with Crippen molar-refractivity contribution < 1.29 is 28.2 Å². The van der Waals surface area contributed by atoms with Gasteiger partial charge in [0, 0.05) is 30.7 Å². The first-order chi connectivity index (χ1) is 14.8. The van der Waals surface area contributed by atoms with Gasteiger partial charge < -0.3 is 25.3 Å². The average Bonchev–Trinajstić information content (AvgIpc) is 2.77. The fraction of sp³-hybridized carbons (Fsp3) is 0.364. The second-order valence-electron chi connectivity index (χ2n) is 7.33. The van der Waals surface area contributed by atoms with Crippen LogP contribution < -0.4 is 20.5 Å². The van der Waals surface area contributed by atoms with Crippen LogP contribution in [0.4, 0.5) is 4.39 Å². The average molecular weight is 451 g/mol. The molecule has 3 rings (SSSR count). The Kier molecular flexibility index (Phi) is 7.35. The van der Waals surface area contributed by atoms with Gasteiger partial charge in [0.25, 0.3) is 11.8 Å². The summed E-state index contributed by atoms with van der Waals surface area (Å²) in [5.74, 6) is -0.988. The highest BCUT2D eigenvalue weighted by Crippen LogP contribution is 2.37. The molecule has 0 bridgehead atoms. The number of amides is 2. The molecule has 1 aliphatic rings. The molecule has 0 aliphatic carbocycles. The van der Waals surface area contributed by atoms with Crippen LogP contribution in [0.3, 0.4) is 0 Å². The van der Waals surface area contributed by atoms with E-state index in [9.17, 15) is 14.0 Å². The molecule has 31 heavy (non-hydrogen) atoms. The number of primary amides is 1. The van der Waals surface area contributed by atoms with E-state index in [-0.39, 0.29) is 45.8 Å². The lowest BCUT2D eigenvalue weighted by Gasteiger charge is -2.38. The van der Waals surface area contributed by atoms with Crippen molar-refractivity contribution in [1.29, 1.82) is 0 Å². The number of ether oxygens (including phenoxy) is 3. The largest absolute Gasteiger partial charge is 0.493 e. The number of carbonyl (C=O) groups excluding carboxylic acids is 2. The number of halogens is 2. The summed E-state index contributed by atoms with van der Waals surface area (Å²) in [6.45, 7) is 1.09. The van der Waals surface area contributed by atoms with Gasteiger partial charge in [-0.3, -0.25) is 9.59 Å². The summed E-state index contributed by atoms with van der Waals surface area (Å²) in [7, 11) is 1.40. The minimum absolute atomic E-state index is 0.116. The van der Waals surface area contributed by atoms with Crippen LogP contribution in [-0.2, 0) is 14.9 Å². The van der Waals surface area contributed by atoms with Gasteiger partial charge in [0.05, 0.1) is 12.1 Å². The zero-order chi connectivity index (χ0) is 22.4. The van der Waals surface area contributed by atoms with Gasteiger partial charge in [-0.15, -0.1) is 0 Å². The van der Waals surface area contributed by atoms with Crippen LogP contribution in [0.25, 0.3) is 0 Å². The molecule has 0 unspecified atom stereocenters. The molecule has 0 atom stereocenters. The molecule has 3 N–H and O–H groups in total. The molecule has 0 aromatic heterocycles. The second kappa shape index (κ2) is 9.98. The molecule has 0 radical (unpaired) electrons. The molecule has 1 heterocycles. The summed E-state index contributed by atoms with van der Waals surface area (Å²) in [6, 6.07) is 9.25. The van der Waals surface area contributed by atoms with Crippen molar-refractivity contribution in [2.24, 2.45) is 5.73 Å². The third-order valence-corrected chi connectivity index (χ3v) is 5.62. The van der Waals surface area contributed by atoms with Crippen molar-refractivity contribution in [2.75, 3.05) is 33.5 Å². The van der Waals surface area contributed by atoms with Crippen LogP contribution in [0, 0.1) is 5.82 Å². The second-order valence-corrected chi connectivity index (χ2v) is 7.73. The molecule has 9 heteroatoms. The van der Waals surface area contributed by atoms with E-state index in [1.54, 1.807) is 12.1 Å². The SMILES string of the molecule is COc1cc(C(=O)NCC2(c3ccc(F)cc3)CCOCC2)cc(Cl)c1OCC(N)=O. The Morgan fingerprint density at radius 3 is 2.52 bits per heavy atom. The van der Waals surface area contributed by atoms with E-state index in [2.05, 4.69) is 5.32 Å². The first kappa shape index (κ1) is 22.8. The zero-order valence-corrected chi connectivity index (χ0v) is 17.8. The van der Waals surface area contributed by atoms with Gasteiger partial charge in [0.15, 0.2) is 18.1 Å². The van der Waals surface area contributed by atoms with Crippen molar-refractivity contribution in [3.8, 4) is 11.5 Å². The maximum atomic E-state index is 13.4. The maximum absolute atomic E-state index is 13.4. The van der Waals surface area contributed by atoms with E-state index in [4.69, 9.17) is 31.5 Å². The molecular formula is C22H24ClFN2O5. The summed E-state index contributed by atoms with van der Waals surface area (Å²) >= 11 is 6.24. The highest BCUT2D eigenvalue weighted by Gasteiger charge is 2.35. The lowest BCUT2D eigenvalue weighted by Crippen LogP contribution is -2.44. The number of methoxy groups -OCH3 is 1. The van der Waals surface area contributed by atoms with Crippen molar-refractivity contribution >= 4 is 23.4 Å². The standard InChI is InChI=1S/C22H24ClFN2O5/c1-29-18-11-14(10-17(23)20(18)31-12-19(25)27)21(28)26-13-22(6-8-30-9-7-22)15-2-4-16(24)5-3-15/h2-5,10-11H,6-9,12-13H2,1H3,(H2,25,27)(H,26,28). The van der Waals surface area contributed by atoms with E-state index in [1.165, 1.54) is 31.4 Å². The molecule has 1 aliphatic heterocycles. The number of carbonyl (C=O) groups is 2. The number of nitrogens with two attached hydrogens (primary N) is 1. The summed E-state index contributed by atoms with van der Waals surface area (Å²) in [5, 5.41) is 3.07. The van der Waals surface area contributed by atoms with E-state index < -0.39 is 5.91 Å². The molecule has 1 fully saturated rings. The number of rotatable bonds is 8. The number of hydrogen-bond donors (Lipinski definition) is 2. The molecule has 2 amide bonds.